The van der Waals surface area contributed by atoms with Crippen LogP contribution in [0.1, 0.15) is 18.1 Å². The largest absolute Gasteiger partial charge is 0.496 e. The number of ether oxygens (including phenoxy) is 1. The predicted molar refractivity (Wildman–Crippen MR) is 89.8 cm³/mol. The molecule has 0 saturated carbocycles. The van der Waals surface area contributed by atoms with Gasteiger partial charge in [0.25, 0.3) is 5.91 Å². The van der Waals surface area contributed by atoms with Crippen LogP contribution >= 0.6 is 0 Å². The molecule has 1 atom stereocenters. The molecule has 1 aliphatic heterocycles. The Labute approximate surface area is 139 Å². The van der Waals surface area contributed by atoms with Crippen molar-refractivity contribution in [2.75, 3.05) is 7.11 Å². The van der Waals surface area contributed by atoms with Gasteiger partial charge in [-0.3, -0.25) is 4.79 Å². The quantitative estimate of drug-likeness (QED) is 0.694. The van der Waals surface area contributed by atoms with Crippen molar-refractivity contribution < 1.29 is 14.3 Å². The Bertz CT molecular complexity index is 804. The van der Waals surface area contributed by atoms with E-state index in [1.54, 1.807) is 38.3 Å². The summed E-state index contributed by atoms with van der Waals surface area (Å²) in [4.78, 5) is 24.9. The molecule has 2 aromatic rings. The molecule has 1 aliphatic rings. The summed E-state index contributed by atoms with van der Waals surface area (Å²) < 4.78 is 5.23. The van der Waals surface area contributed by atoms with Crippen LogP contribution in [0.25, 0.3) is 0 Å². The molecule has 3 amide bonds. The average molecular weight is 323 g/mol. The fraction of sp³-hybridized carbons (Fsp3) is 0.167. The van der Waals surface area contributed by atoms with Crippen molar-refractivity contribution in [2.24, 2.45) is 5.10 Å². The summed E-state index contributed by atoms with van der Waals surface area (Å²) in [5, 5.41) is 7.60. The third kappa shape index (κ3) is 2.62. The molecule has 6 heteroatoms. The second-order valence-corrected chi connectivity index (χ2v) is 5.52. The first-order valence-corrected chi connectivity index (χ1v) is 7.45. The fourth-order valence-corrected chi connectivity index (χ4v) is 2.59. The topological polar surface area (TPSA) is 71.0 Å². The maximum Gasteiger partial charge on any atom is 0.346 e. The molecule has 6 nitrogen and oxygen atoms in total. The smallest absolute Gasteiger partial charge is 0.346 e. The highest BCUT2D eigenvalue weighted by Gasteiger charge is 2.49. The van der Waals surface area contributed by atoms with E-state index >= 15 is 0 Å². The van der Waals surface area contributed by atoms with Crippen LogP contribution in [0.4, 0.5) is 4.79 Å². The van der Waals surface area contributed by atoms with Crippen LogP contribution in [0, 0.1) is 0 Å². The highest BCUT2D eigenvalue weighted by Crippen LogP contribution is 2.28. The number of para-hydroxylation sites is 1. The van der Waals surface area contributed by atoms with Crippen LogP contribution in [0.2, 0.25) is 0 Å². The van der Waals surface area contributed by atoms with Crippen LogP contribution in [0.15, 0.2) is 59.7 Å². The SMILES string of the molecule is COc1ccccc1/C=N\N1C(=O)N[C@](C)(c2ccccc2)C1=O. The highest BCUT2D eigenvalue weighted by atomic mass is 16.5. The standard InChI is InChI=1S/C18H17N3O3/c1-18(14-9-4-3-5-10-14)16(22)21(17(23)20-18)19-12-13-8-6-7-11-15(13)24-2/h3-12H,1-2H3,(H,20,23)/b19-12-/t18-/m1/s1. The number of carbonyl (C=O) groups excluding carboxylic acids is 2. The molecule has 1 heterocycles. The van der Waals surface area contributed by atoms with Crippen molar-refractivity contribution in [3.63, 3.8) is 0 Å². The van der Waals surface area contributed by atoms with Crippen LogP contribution in [0.3, 0.4) is 0 Å². The lowest BCUT2D eigenvalue weighted by molar-refractivity contribution is -0.131. The van der Waals surface area contributed by atoms with Crippen LogP contribution in [-0.2, 0) is 10.3 Å². The molecule has 0 spiro atoms. The Morgan fingerprint density at radius 3 is 2.46 bits per heavy atom. The molecule has 2 aromatic carbocycles. The molecule has 1 saturated heterocycles. The number of hydrogen-bond donors (Lipinski definition) is 1. The summed E-state index contributed by atoms with van der Waals surface area (Å²) in [6, 6.07) is 15.8. The van der Waals surface area contributed by atoms with Gasteiger partial charge < -0.3 is 10.1 Å². The van der Waals surface area contributed by atoms with E-state index in [1.807, 2.05) is 30.3 Å². The van der Waals surface area contributed by atoms with E-state index in [4.69, 9.17) is 4.74 Å². The Hall–Kier alpha value is -3.15. The number of nitrogens with zero attached hydrogens (tertiary/aromatic N) is 2. The van der Waals surface area contributed by atoms with Gasteiger partial charge in [-0.1, -0.05) is 42.5 Å². The van der Waals surface area contributed by atoms with Gasteiger partial charge in [-0.25, -0.2) is 4.79 Å². The molecule has 1 N–H and O–H groups in total. The van der Waals surface area contributed by atoms with Crippen molar-refractivity contribution in [1.29, 1.82) is 0 Å². The molecule has 0 unspecified atom stereocenters. The van der Waals surface area contributed by atoms with Gasteiger partial charge in [-0.05, 0) is 24.6 Å². The first-order valence-electron chi connectivity index (χ1n) is 7.45. The number of benzene rings is 2. The number of hydrazone groups is 1. The lowest BCUT2D eigenvalue weighted by Gasteiger charge is -2.20. The number of hydrogen-bond acceptors (Lipinski definition) is 4. The average Bonchev–Trinajstić information content (AvgIpc) is 2.84. The minimum atomic E-state index is -1.13. The van der Waals surface area contributed by atoms with Crippen molar-refractivity contribution >= 4 is 18.2 Å². The van der Waals surface area contributed by atoms with Gasteiger partial charge in [0.2, 0.25) is 0 Å². The van der Waals surface area contributed by atoms with E-state index in [1.165, 1.54) is 6.21 Å². The van der Waals surface area contributed by atoms with Gasteiger partial charge in [-0.2, -0.15) is 5.10 Å². The van der Waals surface area contributed by atoms with Gasteiger partial charge in [0.1, 0.15) is 11.3 Å². The summed E-state index contributed by atoms with van der Waals surface area (Å²) >= 11 is 0. The predicted octanol–water partition coefficient (Wildman–Crippen LogP) is 2.50. The highest BCUT2D eigenvalue weighted by molar-refractivity contribution is 6.07. The van der Waals surface area contributed by atoms with Gasteiger partial charge >= 0.3 is 6.03 Å². The zero-order chi connectivity index (χ0) is 17.2. The zero-order valence-electron chi connectivity index (χ0n) is 13.4. The molecule has 3 rings (SSSR count). The summed E-state index contributed by atoms with van der Waals surface area (Å²) in [6.45, 7) is 1.67. The lowest BCUT2D eigenvalue weighted by Crippen LogP contribution is -2.40. The molecule has 0 aromatic heterocycles. The molecule has 0 bridgehead atoms. The van der Waals surface area contributed by atoms with Crippen LogP contribution in [0.5, 0.6) is 5.75 Å². The van der Waals surface area contributed by atoms with Crippen LogP contribution in [-0.4, -0.2) is 30.3 Å². The lowest BCUT2D eigenvalue weighted by atomic mass is 9.92. The molecule has 1 fully saturated rings. The second kappa shape index (κ2) is 6.16. The summed E-state index contributed by atoms with van der Waals surface area (Å²) in [5.74, 6) is 0.184. The Kier molecular flexibility index (Phi) is 4.04. The van der Waals surface area contributed by atoms with E-state index in [0.29, 0.717) is 16.9 Å². The monoisotopic (exact) mass is 323 g/mol. The molecular weight excluding hydrogens is 306 g/mol. The fourth-order valence-electron chi connectivity index (χ4n) is 2.59. The first-order chi connectivity index (χ1) is 11.6. The number of urea groups is 1. The van der Waals surface area contributed by atoms with E-state index in [2.05, 4.69) is 10.4 Å². The van der Waals surface area contributed by atoms with Gasteiger partial charge in [0, 0.05) is 5.56 Å². The maximum atomic E-state index is 12.7. The third-order valence-electron chi connectivity index (χ3n) is 3.97. The molecular formula is C18H17N3O3. The van der Waals surface area contributed by atoms with Gasteiger partial charge in [0.15, 0.2) is 0 Å². The van der Waals surface area contributed by atoms with E-state index < -0.39 is 17.5 Å². The summed E-state index contributed by atoms with van der Waals surface area (Å²) in [5.41, 5.74) is 0.253. The number of rotatable bonds is 4. The van der Waals surface area contributed by atoms with E-state index in [9.17, 15) is 9.59 Å². The Morgan fingerprint density at radius 1 is 1.08 bits per heavy atom. The third-order valence-corrected chi connectivity index (χ3v) is 3.97. The number of imide groups is 1. The van der Waals surface area contributed by atoms with E-state index in [0.717, 1.165) is 5.01 Å². The molecule has 122 valence electrons. The van der Waals surface area contributed by atoms with Gasteiger partial charge in [0.05, 0.1) is 13.3 Å². The number of methoxy groups -OCH3 is 1. The minimum Gasteiger partial charge on any atom is -0.496 e. The Morgan fingerprint density at radius 2 is 1.75 bits per heavy atom. The second-order valence-electron chi connectivity index (χ2n) is 5.52. The molecule has 24 heavy (non-hydrogen) atoms. The number of nitrogens with one attached hydrogen (secondary N) is 1. The zero-order valence-corrected chi connectivity index (χ0v) is 13.4. The maximum absolute atomic E-state index is 12.7. The number of carbonyl (C=O) groups is 2. The first kappa shape index (κ1) is 15.7. The minimum absolute atomic E-state index is 0.426. The van der Waals surface area contributed by atoms with Crippen LogP contribution < -0.4 is 10.1 Å². The van der Waals surface area contributed by atoms with Crippen molar-refractivity contribution in [1.82, 2.24) is 10.3 Å². The summed E-state index contributed by atoms with van der Waals surface area (Å²) in [7, 11) is 1.55. The van der Waals surface area contributed by atoms with Crippen molar-refractivity contribution in [3.8, 4) is 5.75 Å². The normalized spacial score (nSPS) is 20.5. The Balaban J connectivity index is 1.89. The van der Waals surface area contributed by atoms with Crippen molar-refractivity contribution in [3.05, 3.63) is 65.7 Å². The molecule has 0 radical (unpaired) electrons. The van der Waals surface area contributed by atoms with E-state index in [-0.39, 0.29) is 0 Å². The summed E-state index contributed by atoms with van der Waals surface area (Å²) in [6.07, 6.45) is 1.44. The number of amides is 3. The van der Waals surface area contributed by atoms with Crippen molar-refractivity contribution in [2.45, 2.75) is 12.5 Å². The molecule has 0 aliphatic carbocycles. The van der Waals surface area contributed by atoms with Gasteiger partial charge in [-0.15, -0.1) is 5.01 Å².